The van der Waals surface area contributed by atoms with E-state index in [1.54, 1.807) is 42.5 Å². The Labute approximate surface area is 200 Å². The van der Waals surface area contributed by atoms with Gasteiger partial charge in [0.25, 0.3) is 11.5 Å². The molecule has 34 heavy (non-hydrogen) atoms. The molecule has 1 unspecified atom stereocenters. The summed E-state index contributed by atoms with van der Waals surface area (Å²) in [4.78, 5) is 35.8. The number of halogens is 1. The first-order chi connectivity index (χ1) is 16.4. The Kier molecular flexibility index (Phi) is 5.85. The molecule has 8 nitrogen and oxygen atoms in total. The molecule has 174 valence electrons. The first kappa shape index (κ1) is 22.2. The molecule has 2 heterocycles. The number of carbonyl (C=O) groups is 1. The fourth-order valence-corrected chi connectivity index (χ4v) is 4.13. The van der Waals surface area contributed by atoms with Crippen molar-refractivity contribution in [3.05, 3.63) is 80.7 Å². The average Bonchev–Trinajstić information content (AvgIpc) is 3.52. The van der Waals surface area contributed by atoms with Gasteiger partial charge in [-0.05, 0) is 61.2 Å². The molecule has 0 aliphatic heterocycles. The van der Waals surface area contributed by atoms with Gasteiger partial charge in [-0.2, -0.15) is 0 Å². The Hall–Kier alpha value is -3.62. The van der Waals surface area contributed by atoms with E-state index >= 15 is 0 Å². The number of carbonyl (C=O) groups excluding carboxylic acids is 1. The summed E-state index contributed by atoms with van der Waals surface area (Å²) in [6.45, 7) is 2.05. The Morgan fingerprint density at radius 3 is 2.85 bits per heavy atom. The molecule has 1 fully saturated rings. The summed E-state index contributed by atoms with van der Waals surface area (Å²) in [5, 5.41) is 17.2. The number of H-pyrrole nitrogens is 2. The number of imidazole rings is 1. The summed E-state index contributed by atoms with van der Waals surface area (Å²) < 4.78 is 0. The van der Waals surface area contributed by atoms with E-state index in [1.807, 2.05) is 6.92 Å². The van der Waals surface area contributed by atoms with E-state index in [9.17, 15) is 14.7 Å². The molecule has 0 saturated heterocycles. The van der Waals surface area contributed by atoms with Gasteiger partial charge in [0.1, 0.15) is 11.4 Å². The minimum atomic E-state index is -0.823. The van der Waals surface area contributed by atoms with Crippen molar-refractivity contribution in [1.29, 1.82) is 0 Å². The van der Waals surface area contributed by atoms with Crippen LogP contribution in [0.2, 0.25) is 5.02 Å². The number of aromatic amines is 2. The maximum Gasteiger partial charge on any atom is 0.261 e. The molecule has 1 atom stereocenters. The molecular formula is C25H24ClN5O3. The van der Waals surface area contributed by atoms with Gasteiger partial charge in [0, 0.05) is 29.4 Å². The zero-order valence-electron chi connectivity index (χ0n) is 18.5. The van der Waals surface area contributed by atoms with Crippen molar-refractivity contribution in [2.24, 2.45) is 0 Å². The predicted octanol–water partition coefficient (Wildman–Crippen LogP) is 3.92. The van der Waals surface area contributed by atoms with Gasteiger partial charge < -0.3 is 25.7 Å². The van der Waals surface area contributed by atoms with E-state index in [4.69, 9.17) is 11.6 Å². The molecule has 9 heteroatoms. The first-order valence-corrected chi connectivity index (χ1v) is 11.5. The second-order valence-electron chi connectivity index (χ2n) is 8.57. The number of nitrogens with zero attached hydrogens (tertiary/aromatic N) is 1. The standard InChI is InChI=1S/C25H24ClN5O3/c1-13-9-15(24(33)29-17-5-6-17)11-19-22(13)31-23(30-19)21-18(7-8-27-25(21)34)28-12-20(32)14-3-2-4-16(26)10-14/h2-4,7-11,17,20,32H,5-6,12H2,1H3,(H,29,33)(H,30,31)(H2,27,28,34). The number of fused-ring (bicyclic) bond motifs is 1. The van der Waals surface area contributed by atoms with Crippen molar-refractivity contribution < 1.29 is 9.90 Å². The van der Waals surface area contributed by atoms with Gasteiger partial charge in [0.15, 0.2) is 0 Å². The van der Waals surface area contributed by atoms with Crippen LogP contribution < -0.4 is 16.2 Å². The molecule has 5 rings (SSSR count). The zero-order chi connectivity index (χ0) is 23.8. The highest BCUT2D eigenvalue weighted by Gasteiger charge is 2.24. The lowest BCUT2D eigenvalue weighted by atomic mass is 10.1. The van der Waals surface area contributed by atoms with Crippen LogP contribution in [0, 0.1) is 6.92 Å². The van der Waals surface area contributed by atoms with Gasteiger partial charge in [0.2, 0.25) is 0 Å². The Bertz CT molecular complexity index is 1440. The molecule has 5 N–H and O–H groups in total. The van der Waals surface area contributed by atoms with Gasteiger partial charge in [-0.25, -0.2) is 4.98 Å². The highest BCUT2D eigenvalue weighted by molar-refractivity contribution is 6.30. The van der Waals surface area contributed by atoms with Crippen LogP contribution in [0.4, 0.5) is 5.69 Å². The topological polar surface area (TPSA) is 123 Å². The number of aromatic nitrogens is 3. The highest BCUT2D eigenvalue weighted by Crippen LogP contribution is 2.28. The maximum absolute atomic E-state index is 12.8. The largest absolute Gasteiger partial charge is 0.387 e. The average molecular weight is 478 g/mol. The first-order valence-electron chi connectivity index (χ1n) is 11.1. The zero-order valence-corrected chi connectivity index (χ0v) is 19.2. The molecule has 0 radical (unpaired) electrons. The number of rotatable bonds is 7. The van der Waals surface area contributed by atoms with Crippen LogP contribution in [-0.2, 0) is 0 Å². The van der Waals surface area contributed by atoms with Crippen LogP contribution in [0.1, 0.15) is 40.4 Å². The maximum atomic E-state index is 12.8. The van der Waals surface area contributed by atoms with Gasteiger partial charge in [0.05, 0.1) is 22.8 Å². The Morgan fingerprint density at radius 2 is 2.09 bits per heavy atom. The van der Waals surface area contributed by atoms with Crippen molar-refractivity contribution in [3.63, 3.8) is 0 Å². The van der Waals surface area contributed by atoms with Crippen LogP contribution in [0.25, 0.3) is 22.4 Å². The normalized spacial score (nSPS) is 14.2. The molecule has 2 aromatic carbocycles. The fraction of sp³-hybridized carbons (Fsp3) is 0.240. The molecular weight excluding hydrogens is 454 g/mol. The van der Waals surface area contributed by atoms with Crippen LogP contribution >= 0.6 is 11.6 Å². The van der Waals surface area contributed by atoms with E-state index in [0.29, 0.717) is 44.3 Å². The molecule has 1 aliphatic carbocycles. The van der Waals surface area contributed by atoms with Crippen LogP contribution in [0.5, 0.6) is 0 Å². The number of hydrogen-bond donors (Lipinski definition) is 5. The fourth-order valence-electron chi connectivity index (χ4n) is 3.94. The van der Waals surface area contributed by atoms with E-state index in [0.717, 1.165) is 18.4 Å². The van der Waals surface area contributed by atoms with Crippen molar-refractivity contribution >= 4 is 34.2 Å². The monoisotopic (exact) mass is 477 g/mol. The van der Waals surface area contributed by atoms with Gasteiger partial charge in [-0.15, -0.1) is 0 Å². The molecule has 1 amide bonds. The summed E-state index contributed by atoms with van der Waals surface area (Å²) in [6.07, 6.45) is 2.74. The van der Waals surface area contributed by atoms with Gasteiger partial charge in [-0.1, -0.05) is 23.7 Å². The second-order valence-corrected chi connectivity index (χ2v) is 9.01. The molecule has 0 bridgehead atoms. The lowest BCUT2D eigenvalue weighted by Gasteiger charge is -2.15. The summed E-state index contributed by atoms with van der Waals surface area (Å²) in [5.41, 5.74) is 3.92. The summed E-state index contributed by atoms with van der Waals surface area (Å²) in [6, 6.07) is 12.5. The van der Waals surface area contributed by atoms with E-state index in [-0.39, 0.29) is 24.1 Å². The highest BCUT2D eigenvalue weighted by atomic mass is 35.5. The Balaban J connectivity index is 1.45. The van der Waals surface area contributed by atoms with Crippen LogP contribution in [0.15, 0.2) is 53.5 Å². The minimum Gasteiger partial charge on any atom is -0.387 e. The summed E-state index contributed by atoms with van der Waals surface area (Å²) in [5.74, 6) is 0.262. The molecule has 1 saturated carbocycles. The number of benzene rings is 2. The lowest BCUT2D eigenvalue weighted by molar-refractivity contribution is 0.0951. The third-order valence-electron chi connectivity index (χ3n) is 5.87. The third-order valence-corrected chi connectivity index (χ3v) is 6.10. The van der Waals surface area contributed by atoms with Crippen molar-refractivity contribution in [2.45, 2.75) is 31.9 Å². The van der Waals surface area contributed by atoms with Crippen molar-refractivity contribution in [1.82, 2.24) is 20.3 Å². The molecule has 0 spiro atoms. The van der Waals surface area contributed by atoms with Gasteiger partial charge in [-0.3, -0.25) is 9.59 Å². The van der Waals surface area contributed by atoms with Crippen LogP contribution in [-0.4, -0.2) is 38.6 Å². The molecule has 1 aliphatic rings. The SMILES string of the molecule is Cc1cc(C(=O)NC2CC2)cc2[nH]c(-c3c(NCC(O)c4cccc(Cl)c4)cc[nH]c3=O)nc12. The van der Waals surface area contributed by atoms with E-state index < -0.39 is 6.10 Å². The number of aryl methyl sites for hydroxylation is 1. The molecule has 4 aromatic rings. The molecule has 2 aromatic heterocycles. The van der Waals surface area contributed by atoms with Crippen molar-refractivity contribution in [2.75, 3.05) is 11.9 Å². The number of anilines is 1. The minimum absolute atomic E-state index is 0.112. The smallest absolute Gasteiger partial charge is 0.261 e. The summed E-state index contributed by atoms with van der Waals surface area (Å²) >= 11 is 6.03. The number of pyridine rings is 1. The van der Waals surface area contributed by atoms with E-state index in [1.165, 1.54) is 6.20 Å². The second kappa shape index (κ2) is 8.96. The van der Waals surface area contributed by atoms with E-state index in [2.05, 4.69) is 25.6 Å². The number of nitrogens with one attached hydrogen (secondary N) is 4. The number of hydrogen-bond acceptors (Lipinski definition) is 5. The van der Waals surface area contributed by atoms with Crippen LogP contribution in [0.3, 0.4) is 0 Å². The Morgan fingerprint density at radius 1 is 1.26 bits per heavy atom. The summed E-state index contributed by atoms with van der Waals surface area (Å²) in [7, 11) is 0. The number of aliphatic hydroxyl groups is 1. The number of amides is 1. The van der Waals surface area contributed by atoms with Gasteiger partial charge >= 0.3 is 0 Å². The lowest BCUT2D eigenvalue weighted by Crippen LogP contribution is -2.25. The number of aliphatic hydroxyl groups excluding tert-OH is 1. The van der Waals surface area contributed by atoms with Crippen molar-refractivity contribution in [3.8, 4) is 11.4 Å². The predicted molar refractivity (Wildman–Crippen MR) is 132 cm³/mol. The quantitative estimate of drug-likeness (QED) is 0.276. The third kappa shape index (κ3) is 4.55.